The summed E-state index contributed by atoms with van der Waals surface area (Å²) in [5.74, 6) is -0.638. The van der Waals surface area contributed by atoms with E-state index >= 15 is 0 Å². The van der Waals surface area contributed by atoms with E-state index in [1.807, 2.05) is 30.3 Å². The van der Waals surface area contributed by atoms with Crippen LogP contribution in [-0.2, 0) is 4.79 Å². The molecule has 0 heterocycles. The lowest BCUT2D eigenvalue weighted by Gasteiger charge is -2.26. The third-order valence-corrected chi connectivity index (χ3v) is 2.58. The Bertz CT molecular complexity index is 416. The van der Waals surface area contributed by atoms with Gasteiger partial charge in [-0.2, -0.15) is 5.10 Å². The molecule has 0 aliphatic rings. The fourth-order valence-corrected chi connectivity index (χ4v) is 1.21. The minimum Gasteiger partial charge on any atom is -0.396 e. The van der Waals surface area contributed by atoms with Crippen molar-refractivity contribution in [1.82, 2.24) is 5.43 Å². The van der Waals surface area contributed by atoms with Crippen LogP contribution < -0.4 is 5.43 Å². The van der Waals surface area contributed by atoms with Crippen LogP contribution in [0, 0.1) is 5.41 Å². The quantitative estimate of drug-likeness (QED) is 0.526. The highest BCUT2D eigenvalue weighted by Crippen LogP contribution is 2.19. The zero-order valence-electron chi connectivity index (χ0n) is 10.5. The van der Waals surface area contributed by atoms with Crippen LogP contribution in [0.1, 0.15) is 19.4 Å². The van der Waals surface area contributed by atoms with Crippen LogP contribution in [0.3, 0.4) is 0 Å². The van der Waals surface area contributed by atoms with Gasteiger partial charge in [-0.25, -0.2) is 5.43 Å². The third kappa shape index (κ3) is 3.94. The lowest BCUT2D eigenvalue weighted by molar-refractivity contribution is -0.137. The maximum Gasteiger partial charge on any atom is 0.269 e. The van der Waals surface area contributed by atoms with E-state index < -0.39 is 17.4 Å². The molecule has 5 nitrogen and oxygen atoms in total. The van der Waals surface area contributed by atoms with Gasteiger partial charge in [0.05, 0.1) is 12.8 Å². The van der Waals surface area contributed by atoms with Crippen molar-refractivity contribution in [1.29, 1.82) is 0 Å². The Kier molecular flexibility index (Phi) is 5.00. The van der Waals surface area contributed by atoms with Gasteiger partial charge in [0.25, 0.3) is 5.91 Å². The van der Waals surface area contributed by atoms with Crippen LogP contribution in [0.15, 0.2) is 35.4 Å². The van der Waals surface area contributed by atoms with Crippen LogP contribution in [0.4, 0.5) is 0 Å². The van der Waals surface area contributed by atoms with Gasteiger partial charge in [-0.3, -0.25) is 4.79 Å². The molecule has 5 heteroatoms. The van der Waals surface area contributed by atoms with Crippen LogP contribution in [-0.4, -0.2) is 35.0 Å². The molecule has 1 aromatic rings. The molecule has 0 saturated carbocycles. The summed E-state index contributed by atoms with van der Waals surface area (Å²) in [5, 5.41) is 22.5. The van der Waals surface area contributed by atoms with Crippen molar-refractivity contribution in [2.45, 2.75) is 20.0 Å². The molecule has 1 unspecified atom stereocenters. The molecule has 0 aliphatic heterocycles. The Morgan fingerprint density at radius 3 is 2.61 bits per heavy atom. The topological polar surface area (TPSA) is 81.9 Å². The molecule has 1 aromatic carbocycles. The fraction of sp³-hybridized carbons (Fsp3) is 0.385. The molecule has 0 bridgehead atoms. The molecule has 18 heavy (non-hydrogen) atoms. The minimum atomic E-state index is -1.31. The first-order valence-corrected chi connectivity index (χ1v) is 5.64. The highest BCUT2D eigenvalue weighted by molar-refractivity contribution is 5.84. The number of amides is 1. The number of hydrazone groups is 1. The molecule has 0 aromatic heterocycles. The lowest BCUT2D eigenvalue weighted by atomic mass is 9.87. The summed E-state index contributed by atoms with van der Waals surface area (Å²) in [4.78, 5) is 11.6. The Hall–Kier alpha value is -1.72. The predicted molar refractivity (Wildman–Crippen MR) is 69.1 cm³/mol. The summed E-state index contributed by atoms with van der Waals surface area (Å²) < 4.78 is 0. The number of nitrogens with zero attached hydrogens (tertiary/aromatic N) is 1. The van der Waals surface area contributed by atoms with Crippen molar-refractivity contribution in [3.05, 3.63) is 35.9 Å². The first-order chi connectivity index (χ1) is 8.47. The van der Waals surface area contributed by atoms with Crippen LogP contribution >= 0.6 is 0 Å². The number of hydrogen-bond donors (Lipinski definition) is 3. The molecule has 1 amide bonds. The number of carbonyl (C=O) groups is 1. The summed E-state index contributed by atoms with van der Waals surface area (Å²) >= 11 is 0. The van der Waals surface area contributed by atoms with Crippen molar-refractivity contribution < 1.29 is 15.0 Å². The first-order valence-electron chi connectivity index (χ1n) is 5.64. The van der Waals surface area contributed by atoms with Gasteiger partial charge in [-0.15, -0.1) is 0 Å². The lowest BCUT2D eigenvalue weighted by Crippen LogP contribution is -2.44. The summed E-state index contributed by atoms with van der Waals surface area (Å²) in [5.41, 5.74) is 2.19. The molecule has 0 radical (unpaired) electrons. The van der Waals surface area contributed by atoms with Crippen molar-refractivity contribution in [2.75, 3.05) is 6.61 Å². The Labute approximate surface area is 106 Å². The number of aliphatic hydroxyl groups excluding tert-OH is 2. The summed E-state index contributed by atoms with van der Waals surface area (Å²) in [7, 11) is 0. The molecule has 0 fully saturated rings. The van der Waals surface area contributed by atoms with Crippen molar-refractivity contribution in [3.8, 4) is 0 Å². The molecular weight excluding hydrogens is 232 g/mol. The number of hydrogen-bond acceptors (Lipinski definition) is 4. The van der Waals surface area contributed by atoms with Crippen LogP contribution in [0.25, 0.3) is 0 Å². The van der Waals surface area contributed by atoms with Crippen molar-refractivity contribution in [2.24, 2.45) is 10.5 Å². The maximum absolute atomic E-state index is 11.6. The normalized spacial score (nSPS) is 13.6. The second-order valence-corrected chi connectivity index (χ2v) is 4.69. The molecule has 1 atom stereocenters. The Morgan fingerprint density at radius 1 is 1.44 bits per heavy atom. The Morgan fingerprint density at radius 2 is 2.06 bits per heavy atom. The highest BCUT2D eigenvalue weighted by Gasteiger charge is 2.32. The highest BCUT2D eigenvalue weighted by atomic mass is 16.3. The molecule has 98 valence electrons. The molecule has 1 rings (SSSR count). The van der Waals surface area contributed by atoms with Gasteiger partial charge in [0.15, 0.2) is 0 Å². The van der Waals surface area contributed by atoms with E-state index in [0.717, 1.165) is 5.56 Å². The predicted octanol–water partition coefficient (Wildman–Crippen LogP) is 0.516. The van der Waals surface area contributed by atoms with E-state index in [-0.39, 0.29) is 6.61 Å². The summed E-state index contributed by atoms with van der Waals surface area (Å²) in [6.07, 6.45) is 0.173. The van der Waals surface area contributed by atoms with Gasteiger partial charge in [0.1, 0.15) is 6.10 Å². The van der Waals surface area contributed by atoms with Gasteiger partial charge in [-0.1, -0.05) is 44.2 Å². The van der Waals surface area contributed by atoms with Crippen LogP contribution in [0.2, 0.25) is 0 Å². The molecule has 0 spiro atoms. The monoisotopic (exact) mass is 250 g/mol. The summed E-state index contributed by atoms with van der Waals surface area (Å²) in [6.45, 7) is 2.90. The largest absolute Gasteiger partial charge is 0.396 e. The second-order valence-electron chi connectivity index (χ2n) is 4.69. The SMILES string of the molecule is CC(C)(CO)C(O)C(=O)N/N=C/c1ccccc1. The van der Waals surface area contributed by atoms with E-state index in [4.69, 9.17) is 5.11 Å². The van der Waals surface area contributed by atoms with E-state index in [2.05, 4.69) is 10.5 Å². The zero-order chi connectivity index (χ0) is 13.6. The smallest absolute Gasteiger partial charge is 0.269 e. The number of aliphatic hydroxyl groups is 2. The van der Waals surface area contributed by atoms with E-state index in [0.29, 0.717) is 0 Å². The second kappa shape index (κ2) is 6.28. The standard InChI is InChI=1S/C13H18N2O3/c1-13(2,9-16)11(17)12(18)15-14-8-10-6-4-3-5-7-10/h3-8,11,16-17H,9H2,1-2H3,(H,15,18)/b14-8+. The zero-order valence-corrected chi connectivity index (χ0v) is 10.5. The first kappa shape index (κ1) is 14.3. The third-order valence-electron chi connectivity index (χ3n) is 2.58. The van der Waals surface area contributed by atoms with Gasteiger partial charge < -0.3 is 10.2 Å². The van der Waals surface area contributed by atoms with Crippen LogP contribution in [0.5, 0.6) is 0 Å². The van der Waals surface area contributed by atoms with Crippen molar-refractivity contribution in [3.63, 3.8) is 0 Å². The molecule has 3 N–H and O–H groups in total. The molecular formula is C13H18N2O3. The van der Waals surface area contributed by atoms with Gasteiger partial charge in [-0.05, 0) is 5.56 Å². The number of carbonyl (C=O) groups excluding carboxylic acids is 1. The van der Waals surface area contributed by atoms with E-state index in [9.17, 15) is 9.90 Å². The van der Waals surface area contributed by atoms with Crippen molar-refractivity contribution >= 4 is 12.1 Å². The van der Waals surface area contributed by atoms with Gasteiger partial charge >= 0.3 is 0 Å². The van der Waals surface area contributed by atoms with Gasteiger partial charge in [0, 0.05) is 5.41 Å². The van der Waals surface area contributed by atoms with E-state index in [1.54, 1.807) is 13.8 Å². The van der Waals surface area contributed by atoms with E-state index in [1.165, 1.54) is 6.21 Å². The molecule has 0 aliphatic carbocycles. The molecule has 0 saturated heterocycles. The average molecular weight is 250 g/mol. The maximum atomic E-state index is 11.6. The number of rotatable bonds is 5. The summed E-state index contributed by atoms with van der Waals surface area (Å²) in [6, 6.07) is 9.26. The number of benzene rings is 1. The van der Waals surface area contributed by atoms with Gasteiger partial charge in [0.2, 0.25) is 0 Å². The average Bonchev–Trinajstić information content (AvgIpc) is 2.39. The minimum absolute atomic E-state index is 0.288. The Balaban J connectivity index is 2.54. The number of nitrogens with one attached hydrogen (secondary N) is 1. The fourth-order valence-electron chi connectivity index (χ4n) is 1.21.